The molecule has 2 aromatic rings. The van der Waals surface area contributed by atoms with Gasteiger partial charge in [-0.3, -0.25) is 0 Å². The maximum atomic E-state index is 9.94. The van der Waals surface area contributed by atoms with Crippen molar-refractivity contribution in [3.63, 3.8) is 0 Å². The SMILES string of the molecule is OC(CCc1ccccc1)CNc1ncncc1Br. The number of aliphatic hydroxyl groups is 1. The standard InChI is InChI=1S/C14H16BrN3O/c15-13-9-16-10-18-14(13)17-8-12(19)7-6-11-4-2-1-3-5-11/h1-5,9-10,12,19H,6-8H2,(H,16,17,18). The van der Waals surface area contributed by atoms with Crippen molar-refractivity contribution in [3.8, 4) is 0 Å². The van der Waals surface area contributed by atoms with Crippen LogP contribution in [0.5, 0.6) is 0 Å². The van der Waals surface area contributed by atoms with Crippen molar-refractivity contribution in [2.24, 2.45) is 0 Å². The van der Waals surface area contributed by atoms with E-state index in [1.54, 1.807) is 6.20 Å². The summed E-state index contributed by atoms with van der Waals surface area (Å²) in [5.74, 6) is 0.703. The van der Waals surface area contributed by atoms with Gasteiger partial charge < -0.3 is 10.4 Å². The van der Waals surface area contributed by atoms with Gasteiger partial charge in [-0.05, 0) is 34.3 Å². The van der Waals surface area contributed by atoms with Gasteiger partial charge in [0.25, 0.3) is 0 Å². The molecule has 0 fully saturated rings. The summed E-state index contributed by atoms with van der Waals surface area (Å²) < 4.78 is 0.797. The lowest BCUT2D eigenvalue weighted by molar-refractivity contribution is 0.177. The molecule has 19 heavy (non-hydrogen) atoms. The molecule has 0 saturated heterocycles. The molecule has 0 radical (unpaired) electrons. The van der Waals surface area contributed by atoms with Crippen molar-refractivity contribution in [1.29, 1.82) is 0 Å². The van der Waals surface area contributed by atoms with Gasteiger partial charge in [0.15, 0.2) is 0 Å². The lowest BCUT2D eigenvalue weighted by Crippen LogP contribution is -2.20. The van der Waals surface area contributed by atoms with Crippen LogP contribution in [0.2, 0.25) is 0 Å². The highest BCUT2D eigenvalue weighted by Gasteiger charge is 2.06. The lowest BCUT2D eigenvalue weighted by atomic mass is 10.1. The number of benzene rings is 1. The average Bonchev–Trinajstić information content (AvgIpc) is 2.45. The Labute approximate surface area is 121 Å². The molecule has 1 unspecified atom stereocenters. The topological polar surface area (TPSA) is 58.0 Å². The molecule has 0 bridgehead atoms. The summed E-state index contributed by atoms with van der Waals surface area (Å²) in [4.78, 5) is 7.98. The molecule has 0 aliphatic rings. The number of halogens is 1. The quantitative estimate of drug-likeness (QED) is 0.858. The first kappa shape index (κ1) is 14.0. The van der Waals surface area contributed by atoms with Crippen LogP contribution in [0.4, 0.5) is 5.82 Å². The Morgan fingerprint density at radius 3 is 2.79 bits per heavy atom. The first-order valence-electron chi connectivity index (χ1n) is 6.17. The van der Waals surface area contributed by atoms with Gasteiger partial charge in [-0.15, -0.1) is 0 Å². The monoisotopic (exact) mass is 321 g/mol. The fraction of sp³-hybridized carbons (Fsp3) is 0.286. The highest BCUT2D eigenvalue weighted by Crippen LogP contribution is 2.17. The van der Waals surface area contributed by atoms with Crippen LogP contribution in [-0.2, 0) is 6.42 Å². The van der Waals surface area contributed by atoms with Crippen molar-refractivity contribution in [2.75, 3.05) is 11.9 Å². The molecule has 1 aromatic carbocycles. The Hall–Kier alpha value is -1.46. The van der Waals surface area contributed by atoms with Gasteiger partial charge in [0.05, 0.1) is 10.6 Å². The summed E-state index contributed by atoms with van der Waals surface area (Å²) in [7, 11) is 0. The van der Waals surface area contributed by atoms with Crippen LogP contribution in [0, 0.1) is 0 Å². The number of hydrogen-bond acceptors (Lipinski definition) is 4. The van der Waals surface area contributed by atoms with Gasteiger partial charge in [-0.2, -0.15) is 0 Å². The van der Waals surface area contributed by atoms with Crippen molar-refractivity contribution >= 4 is 21.7 Å². The predicted octanol–water partition coefficient (Wildman–Crippen LogP) is 2.64. The number of aliphatic hydroxyl groups excluding tert-OH is 1. The Bertz CT molecular complexity index is 507. The summed E-state index contributed by atoms with van der Waals surface area (Å²) >= 11 is 3.35. The van der Waals surface area contributed by atoms with Gasteiger partial charge in [0.1, 0.15) is 12.1 Å². The fourth-order valence-corrected chi connectivity index (χ4v) is 2.10. The summed E-state index contributed by atoms with van der Waals surface area (Å²) in [5.41, 5.74) is 1.24. The molecule has 100 valence electrons. The number of hydrogen-bond donors (Lipinski definition) is 2. The molecule has 1 aromatic heterocycles. The van der Waals surface area contributed by atoms with Crippen LogP contribution < -0.4 is 5.32 Å². The van der Waals surface area contributed by atoms with Crippen LogP contribution in [0.25, 0.3) is 0 Å². The molecule has 0 spiro atoms. The maximum absolute atomic E-state index is 9.94. The van der Waals surface area contributed by atoms with Crippen molar-refractivity contribution in [2.45, 2.75) is 18.9 Å². The summed E-state index contributed by atoms with van der Waals surface area (Å²) in [6.07, 6.45) is 4.34. The Balaban J connectivity index is 1.76. The smallest absolute Gasteiger partial charge is 0.143 e. The third-order valence-electron chi connectivity index (χ3n) is 2.78. The number of rotatable bonds is 6. The second kappa shape index (κ2) is 7.21. The van der Waals surface area contributed by atoms with Gasteiger partial charge in [0, 0.05) is 12.7 Å². The van der Waals surface area contributed by atoms with Crippen LogP contribution >= 0.6 is 15.9 Å². The Morgan fingerprint density at radius 1 is 1.26 bits per heavy atom. The van der Waals surface area contributed by atoms with E-state index in [1.165, 1.54) is 11.9 Å². The minimum atomic E-state index is -0.401. The molecule has 5 heteroatoms. The minimum Gasteiger partial charge on any atom is -0.391 e. The van der Waals surface area contributed by atoms with E-state index in [0.29, 0.717) is 12.4 Å². The van der Waals surface area contributed by atoms with Gasteiger partial charge >= 0.3 is 0 Å². The van der Waals surface area contributed by atoms with Crippen molar-refractivity contribution in [1.82, 2.24) is 9.97 Å². The van der Waals surface area contributed by atoms with Crippen LogP contribution in [0.3, 0.4) is 0 Å². The first-order valence-corrected chi connectivity index (χ1v) is 6.96. The van der Waals surface area contributed by atoms with E-state index in [-0.39, 0.29) is 0 Å². The fourth-order valence-electron chi connectivity index (χ4n) is 1.74. The summed E-state index contributed by atoms with van der Waals surface area (Å²) in [5, 5.41) is 13.0. The second-order valence-electron chi connectivity index (χ2n) is 4.28. The molecule has 2 rings (SSSR count). The number of aromatic nitrogens is 2. The molecule has 1 heterocycles. The molecular weight excluding hydrogens is 306 g/mol. The lowest BCUT2D eigenvalue weighted by Gasteiger charge is -2.12. The van der Waals surface area contributed by atoms with Gasteiger partial charge in [0.2, 0.25) is 0 Å². The molecular formula is C14H16BrN3O. The third kappa shape index (κ3) is 4.61. The number of nitrogens with zero attached hydrogens (tertiary/aromatic N) is 2. The summed E-state index contributed by atoms with van der Waals surface area (Å²) in [6.45, 7) is 0.475. The van der Waals surface area contributed by atoms with Crippen LogP contribution in [0.1, 0.15) is 12.0 Å². The largest absolute Gasteiger partial charge is 0.391 e. The van der Waals surface area contributed by atoms with E-state index >= 15 is 0 Å². The Kier molecular flexibility index (Phi) is 5.30. The zero-order chi connectivity index (χ0) is 13.5. The molecule has 2 N–H and O–H groups in total. The number of nitrogens with one attached hydrogen (secondary N) is 1. The molecule has 0 aliphatic carbocycles. The molecule has 0 aliphatic heterocycles. The molecule has 0 amide bonds. The molecule has 0 saturated carbocycles. The normalized spacial score (nSPS) is 12.1. The van der Waals surface area contributed by atoms with Crippen molar-refractivity contribution < 1.29 is 5.11 Å². The van der Waals surface area contributed by atoms with Gasteiger partial charge in [-0.25, -0.2) is 9.97 Å². The van der Waals surface area contributed by atoms with E-state index in [9.17, 15) is 5.11 Å². The van der Waals surface area contributed by atoms with E-state index in [4.69, 9.17) is 0 Å². The number of aryl methyl sites for hydroxylation is 1. The highest BCUT2D eigenvalue weighted by molar-refractivity contribution is 9.10. The molecule has 1 atom stereocenters. The molecule has 4 nitrogen and oxygen atoms in total. The van der Waals surface area contributed by atoms with E-state index < -0.39 is 6.10 Å². The first-order chi connectivity index (χ1) is 9.25. The number of anilines is 1. The van der Waals surface area contributed by atoms with Crippen LogP contribution in [-0.4, -0.2) is 27.7 Å². The predicted molar refractivity (Wildman–Crippen MR) is 79.0 cm³/mol. The zero-order valence-corrected chi connectivity index (χ0v) is 12.0. The van der Waals surface area contributed by atoms with E-state index in [1.807, 2.05) is 18.2 Å². The van der Waals surface area contributed by atoms with Crippen LogP contribution in [0.15, 0.2) is 47.3 Å². The van der Waals surface area contributed by atoms with Crippen molar-refractivity contribution in [3.05, 3.63) is 52.9 Å². The van der Waals surface area contributed by atoms with Gasteiger partial charge in [-0.1, -0.05) is 30.3 Å². The summed E-state index contributed by atoms with van der Waals surface area (Å²) in [6, 6.07) is 10.2. The maximum Gasteiger partial charge on any atom is 0.143 e. The minimum absolute atomic E-state index is 0.401. The Morgan fingerprint density at radius 2 is 2.05 bits per heavy atom. The zero-order valence-electron chi connectivity index (χ0n) is 10.5. The average molecular weight is 322 g/mol. The third-order valence-corrected chi connectivity index (χ3v) is 3.36. The highest BCUT2D eigenvalue weighted by atomic mass is 79.9. The van der Waals surface area contributed by atoms with E-state index in [0.717, 1.165) is 17.3 Å². The second-order valence-corrected chi connectivity index (χ2v) is 5.13. The van der Waals surface area contributed by atoms with E-state index in [2.05, 4.69) is 43.3 Å².